The van der Waals surface area contributed by atoms with Crippen molar-refractivity contribution in [2.45, 2.75) is 5.92 Å². The second-order valence-electron chi connectivity index (χ2n) is 7.39. The number of fused-ring (bicyclic) bond motifs is 4. The van der Waals surface area contributed by atoms with E-state index in [-0.39, 0.29) is 30.2 Å². The third kappa shape index (κ3) is 3.40. The molecule has 156 valence electrons. The van der Waals surface area contributed by atoms with Crippen molar-refractivity contribution in [2.75, 3.05) is 13.2 Å². The lowest BCUT2D eigenvalue weighted by molar-refractivity contribution is 0.0443. The Morgan fingerprint density at radius 3 is 2.25 bits per heavy atom. The third-order valence-corrected chi connectivity index (χ3v) is 5.56. The average Bonchev–Trinajstić information content (AvgIpc) is 3.29. The van der Waals surface area contributed by atoms with Gasteiger partial charge in [-0.3, -0.25) is 0 Å². The quantitative estimate of drug-likeness (QED) is 0.393. The molecule has 6 heteroatoms. The van der Waals surface area contributed by atoms with Gasteiger partial charge in [0.15, 0.2) is 0 Å². The van der Waals surface area contributed by atoms with Crippen LogP contribution in [0, 0.1) is 11.8 Å². The number of benzene rings is 3. The Morgan fingerprint density at radius 1 is 0.875 bits per heavy atom. The second kappa shape index (κ2) is 8.05. The van der Waals surface area contributed by atoms with E-state index in [4.69, 9.17) is 4.74 Å². The van der Waals surface area contributed by atoms with Crippen LogP contribution in [0.2, 0.25) is 0 Å². The van der Waals surface area contributed by atoms with Gasteiger partial charge in [0.25, 0.3) is 0 Å². The SMILES string of the molecule is O=C(NCC#Cc1cccc2c1C(=O)OC2=O)OCC1c2ccccc2-c2ccccc21. The van der Waals surface area contributed by atoms with Gasteiger partial charge >= 0.3 is 18.0 Å². The van der Waals surface area contributed by atoms with E-state index in [1.165, 1.54) is 6.07 Å². The van der Waals surface area contributed by atoms with Crippen LogP contribution in [0.1, 0.15) is 43.3 Å². The monoisotopic (exact) mass is 423 g/mol. The molecule has 0 aromatic heterocycles. The Morgan fingerprint density at radius 2 is 1.53 bits per heavy atom. The van der Waals surface area contributed by atoms with E-state index in [2.05, 4.69) is 46.2 Å². The number of amides is 1. The van der Waals surface area contributed by atoms with Crippen LogP contribution in [0.25, 0.3) is 11.1 Å². The number of carbonyl (C=O) groups excluding carboxylic acids is 3. The number of hydrogen-bond donors (Lipinski definition) is 1. The summed E-state index contributed by atoms with van der Waals surface area (Å²) in [5, 5.41) is 2.59. The molecule has 2 aliphatic rings. The summed E-state index contributed by atoms with van der Waals surface area (Å²) in [6, 6.07) is 21.0. The largest absolute Gasteiger partial charge is 0.449 e. The predicted molar refractivity (Wildman–Crippen MR) is 116 cm³/mol. The van der Waals surface area contributed by atoms with Crippen molar-refractivity contribution in [3.05, 3.63) is 94.5 Å². The molecule has 1 aliphatic carbocycles. The van der Waals surface area contributed by atoms with E-state index >= 15 is 0 Å². The van der Waals surface area contributed by atoms with E-state index in [9.17, 15) is 14.4 Å². The smallest absolute Gasteiger partial charge is 0.407 e. The number of ether oxygens (including phenoxy) is 2. The van der Waals surface area contributed by atoms with Crippen LogP contribution in [0.5, 0.6) is 0 Å². The maximum atomic E-state index is 12.2. The van der Waals surface area contributed by atoms with Crippen molar-refractivity contribution in [3.63, 3.8) is 0 Å². The number of cyclic esters (lactones) is 2. The molecule has 1 N–H and O–H groups in total. The highest BCUT2D eigenvalue weighted by Crippen LogP contribution is 2.44. The number of hydrogen-bond acceptors (Lipinski definition) is 5. The first kappa shape index (κ1) is 19.6. The topological polar surface area (TPSA) is 81.7 Å². The lowest BCUT2D eigenvalue weighted by Gasteiger charge is -2.14. The summed E-state index contributed by atoms with van der Waals surface area (Å²) < 4.78 is 10.1. The van der Waals surface area contributed by atoms with Crippen LogP contribution >= 0.6 is 0 Å². The van der Waals surface area contributed by atoms with Gasteiger partial charge in [0.1, 0.15) is 6.61 Å². The Kier molecular flexibility index (Phi) is 4.92. The lowest BCUT2D eigenvalue weighted by atomic mass is 9.98. The van der Waals surface area contributed by atoms with Gasteiger partial charge in [-0.1, -0.05) is 66.4 Å². The highest BCUT2D eigenvalue weighted by atomic mass is 16.6. The maximum Gasteiger partial charge on any atom is 0.407 e. The van der Waals surface area contributed by atoms with Crippen LogP contribution in [0.15, 0.2) is 66.7 Å². The molecule has 1 heterocycles. The Labute approximate surface area is 184 Å². The molecule has 6 nitrogen and oxygen atoms in total. The average molecular weight is 423 g/mol. The van der Waals surface area contributed by atoms with Crippen molar-refractivity contribution in [1.82, 2.24) is 5.32 Å². The molecule has 0 spiro atoms. The number of alkyl carbamates (subject to hydrolysis) is 1. The maximum absolute atomic E-state index is 12.2. The standard InChI is InChI=1S/C26H17NO5/c28-24-21-13-5-7-16(23(21)25(29)32-24)8-6-14-27-26(30)31-15-22-19-11-3-1-9-17(19)18-10-2-4-12-20(18)22/h1-5,7,9-13,22H,14-15H2,(H,27,30). The van der Waals surface area contributed by atoms with Crippen molar-refractivity contribution >= 4 is 18.0 Å². The first-order valence-electron chi connectivity index (χ1n) is 10.1. The molecule has 0 fully saturated rings. The zero-order valence-corrected chi connectivity index (χ0v) is 16.9. The molecule has 0 saturated carbocycles. The number of rotatable bonds is 3. The van der Waals surface area contributed by atoms with Gasteiger partial charge in [0.2, 0.25) is 0 Å². The normalized spacial score (nSPS) is 13.4. The summed E-state index contributed by atoms with van der Waals surface area (Å²) in [5.74, 6) is 4.17. The van der Waals surface area contributed by atoms with Gasteiger partial charge in [0, 0.05) is 11.5 Å². The minimum Gasteiger partial charge on any atom is -0.449 e. The Balaban J connectivity index is 1.21. The highest BCUT2D eigenvalue weighted by Gasteiger charge is 2.31. The zero-order chi connectivity index (χ0) is 22.1. The summed E-state index contributed by atoms with van der Waals surface area (Å²) in [4.78, 5) is 35.6. The summed E-state index contributed by atoms with van der Waals surface area (Å²) >= 11 is 0. The minimum atomic E-state index is -0.709. The molecule has 0 unspecified atom stereocenters. The molecular formula is C26H17NO5. The van der Waals surface area contributed by atoms with Crippen LogP contribution in [0.4, 0.5) is 4.79 Å². The molecular weight excluding hydrogens is 406 g/mol. The van der Waals surface area contributed by atoms with Crippen molar-refractivity contribution in [3.8, 4) is 23.0 Å². The summed E-state index contributed by atoms with van der Waals surface area (Å²) in [6.07, 6.45) is -0.575. The number of carbonyl (C=O) groups is 3. The fourth-order valence-corrected chi connectivity index (χ4v) is 4.14. The molecule has 0 atom stereocenters. The number of esters is 2. The molecule has 0 radical (unpaired) electrons. The van der Waals surface area contributed by atoms with Gasteiger partial charge in [0.05, 0.1) is 17.7 Å². The molecule has 0 saturated heterocycles. The summed E-state index contributed by atoms with van der Waals surface area (Å²) in [5.41, 5.74) is 5.34. The molecule has 1 amide bonds. The van der Waals surface area contributed by atoms with Crippen LogP contribution < -0.4 is 5.32 Å². The molecule has 3 aromatic carbocycles. The zero-order valence-electron chi connectivity index (χ0n) is 16.9. The van der Waals surface area contributed by atoms with E-state index in [1.54, 1.807) is 12.1 Å². The predicted octanol–water partition coefficient (Wildman–Crippen LogP) is 3.89. The van der Waals surface area contributed by atoms with Crippen LogP contribution in [-0.2, 0) is 9.47 Å². The summed E-state index contributed by atoms with van der Waals surface area (Å²) in [7, 11) is 0. The second-order valence-corrected chi connectivity index (χ2v) is 7.39. The van der Waals surface area contributed by atoms with Crippen LogP contribution in [-0.4, -0.2) is 31.2 Å². The van der Waals surface area contributed by atoms with Crippen molar-refractivity contribution < 1.29 is 23.9 Å². The fraction of sp³-hybridized carbons (Fsp3) is 0.115. The van der Waals surface area contributed by atoms with E-state index in [0.717, 1.165) is 22.3 Å². The first-order valence-corrected chi connectivity index (χ1v) is 10.1. The first-order chi connectivity index (χ1) is 15.6. The van der Waals surface area contributed by atoms with Gasteiger partial charge in [-0.15, -0.1) is 0 Å². The number of nitrogens with one attached hydrogen (secondary N) is 1. The van der Waals surface area contributed by atoms with Crippen molar-refractivity contribution in [1.29, 1.82) is 0 Å². The van der Waals surface area contributed by atoms with Gasteiger partial charge in [-0.2, -0.15) is 0 Å². The molecule has 5 rings (SSSR count). The highest BCUT2D eigenvalue weighted by molar-refractivity contribution is 6.15. The lowest BCUT2D eigenvalue weighted by Crippen LogP contribution is -2.26. The van der Waals surface area contributed by atoms with Crippen molar-refractivity contribution in [2.24, 2.45) is 0 Å². The van der Waals surface area contributed by atoms with E-state index in [0.29, 0.717) is 5.56 Å². The third-order valence-electron chi connectivity index (χ3n) is 5.56. The molecule has 1 aliphatic heterocycles. The fourth-order valence-electron chi connectivity index (χ4n) is 4.14. The summed E-state index contributed by atoms with van der Waals surface area (Å²) in [6.45, 7) is 0.247. The van der Waals surface area contributed by atoms with E-state index in [1.807, 2.05) is 24.3 Å². The molecule has 0 bridgehead atoms. The Bertz CT molecular complexity index is 1290. The van der Waals surface area contributed by atoms with Crippen LogP contribution in [0.3, 0.4) is 0 Å². The molecule has 32 heavy (non-hydrogen) atoms. The Hall–Kier alpha value is -4.37. The van der Waals surface area contributed by atoms with Gasteiger partial charge in [-0.25, -0.2) is 14.4 Å². The minimum absolute atomic E-state index is 0.0188. The van der Waals surface area contributed by atoms with Gasteiger partial charge in [-0.05, 0) is 34.4 Å². The van der Waals surface area contributed by atoms with Gasteiger partial charge < -0.3 is 14.8 Å². The van der Waals surface area contributed by atoms with E-state index < -0.39 is 18.0 Å². The molecule has 3 aromatic rings.